The van der Waals surface area contributed by atoms with Gasteiger partial charge in [0.1, 0.15) is 146 Å². The van der Waals surface area contributed by atoms with Crippen molar-refractivity contribution >= 4 is 0 Å². The summed E-state index contributed by atoms with van der Waals surface area (Å²) < 4.78 is 69.3. The van der Waals surface area contributed by atoms with Crippen LogP contribution in [0.4, 0.5) is 0 Å². The van der Waals surface area contributed by atoms with Crippen molar-refractivity contribution in [1.82, 2.24) is 0 Å². The van der Waals surface area contributed by atoms with Gasteiger partial charge in [-0.3, -0.25) is 0 Å². The van der Waals surface area contributed by atoms with Crippen molar-refractivity contribution in [2.24, 2.45) is 5.73 Å². The topological polar surface area (TPSA) is 521 Å². The third kappa shape index (κ3) is 12.6. The van der Waals surface area contributed by atoms with E-state index in [-0.39, 0.29) is 19.6 Å². The molecule has 0 aromatic heterocycles. The molecule has 30 atom stereocenters. The van der Waals surface area contributed by atoms with E-state index in [9.17, 15) is 97.0 Å². The molecule has 6 aliphatic heterocycles. The first-order valence-electron chi connectivity index (χ1n) is 22.8. The molecule has 6 aliphatic rings. The van der Waals surface area contributed by atoms with E-state index in [1.165, 1.54) is 0 Å². The van der Waals surface area contributed by atoms with Crippen molar-refractivity contribution < 1.29 is 154 Å². The van der Waals surface area contributed by atoms with Gasteiger partial charge in [-0.25, -0.2) is 0 Å². The van der Waals surface area contributed by atoms with E-state index in [1.54, 1.807) is 0 Å². The molecule has 0 aromatic rings. The zero-order valence-electron chi connectivity index (χ0n) is 37.7. The Labute approximate surface area is 402 Å². The number of aliphatic hydroxyl groups is 19. The molecule has 0 aliphatic carbocycles. The monoisotopic (exact) mass is 1050 g/mol. The molecule has 32 nitrogen and oxygen atoms in total. The van der Waals surface area contributed by atoms with Crippen molar-refractivity contribution in [3.05, 3.63) is 0 Å². The molecule has 0 saturated carbocycles. The highest BCUT2D eigenvalue weighted by molar-refractivity contribution is 5.00. The number of hydrogen-bond acceptors (Lipinski definition) is 32. The summed E-state index contributed by atoms with van der Waals surface area (Å²) in [6.07, 6.45) is -58.7. The Balaban J connectivity index is 1.32. The van der Waals surface area contributed by atoms with Crippen LogP contribution in [-0.4, -0.2) is 334 Å². The van der Waals surface area contributed by atoms with Crippen LogP contribution in [-0.2, 0) is 56.8 Å². The Morgan fingerprint density at radius 1 is 0.282 bits per heavy atom. The van der Waals surface area contributed by atoms with E-state index < -0.39 is 224 Å². The molecule has 0 amide bonds. The molecular weight excluding hydrogens is 978 g/mol. The predicted octanol–water partition coefficient (Wildman–Crippen LogP) is -13.7. The fourth-order valence-corrected chi connectivity index (χ4v) is 8.81. The number of nitrogens with two attached hydrogens (primary N) is 1. The molecule has 416 valence electrons. The lowest BCUT2D eigenvalue weighted by Crippen LogP contribution is -2.69. The van der Waals surface area contributed by atoms with Gasteiger partial charge >= 0.3 is 0 Å². The number of ether oxygens (including phenoxy) is 12. The van der Waals surface area contributed by atoms with Gasteiger partial charge in [0, 0.05) is 0 Å². The summed E-state index contributed by atoms with van der Waals surface area (Å²) in [6.45, 7) is -5.72. The lowest BCUT2D eigenvalue weighted by Gasteiger charge is -2.50. The van der Waals surface area contributed by atoms with Crippen LogP contribution >= 0.6 is 0 Å². The Hall–Kier alpha value is -1.28. The normalized spacial score (nSPS) is 51.0. The summed E-state index contributed by atoms with van der Waals surface area (Å²) in [7, 11) is 0. The van der Waals surface area contributed by atoms with Gasteiger partial charge in [0.2, 0.25) is 0 Å². The first-order chi connectivity index (χ1) is 33.8. The van der Waals surface area contributed by atoms with Crippen LogP contribution in [0.25, 0.3) is 0 Å². The molecule has 6 heterocycles. The summed E-state index contributed by atoms with van der Waals surface area (Å²) in [5.41, 5.74) is 5.58. The van der Waals surface area contributed by atoms with E-state index >= 15 is 0 Å². The lowest BCUT2D eigenvalue weighted by molar-refractivity contribution is -0.417. The van der Waals surface area contributed by atoms with Gasteiger partial charge in [-0.05, 0) is 13.0 Å². The minimum atomic E-state index is -2.24. The van der Waals surface area contributed by atoms with Crippen LogP contribution in [0.3, 0.4) is 0 Å². The molecule has 32 heteroatoms. The van der Waals surface area contributed by atoms with Gasteiger partial charge in [0.15, 0.2) is 37.7 Å². The van der Waals surface area contributed by atoms with Gasteiger partial charge in [-0.1, -0.05) is 0 Å². The van der Waals surface area contributed by atoms with Gasteiger partial charge in [0.05, 0.1) is 46.2 Å². The summed E-state index contributed by atoms with van der Waals surface area (Å²) >= 11 is 0. The second-order valence-electron chi connectivity index (χ2n) is 17.7. The fourth-order valence-electron chi connectivity index (χ4n) is 8.81. The van der Waals surface area contributed by atoms with Crippen molar-refractivity contribution in [1.29, 1.82) is 0 Å². The average Bonchev–Trinajstić information content (AvgIpc) is 3.36. The maximum atomic E-state index is 11.6. The molecule has 0 spiro atoms. The first kappa shape index (κ1) is 59.0. The van der Waals surface area contributed by atoms with E-state index in [0.29, 0.717) is 0 Å². The molecule has 0 radical (unpaired) electrons. The second-order valence-corrected chi connectivity index (χ2v) is 17.7. The molecular formula is C39H69NO31. The molecule has 0 bridgehead atoms. The summed E-state index contributed by atoms with van der Waals surface area (Å²) in [5, 5.41) is 203. The number of hydrogen-bond donors (Lipinski definition) is 20. The molecule has 6 saturated heterocycles. The van der Waals surface area contributed by atoms with Crippen LogP contribution in [0.1, 0.15) is 6.42 Å². The maximum Gasteiger partial charge on any atom is 0.187 e. The fraction of sp³-hybridized carbons (Fsp3) is 1.00. The largest absolute Gasteiger partial charge is 0.394 e. The van der Waals surface area contributed by atoms with Gasteiger partial charge in [-0.15, -0.1) is 0 Å². The van der Waals surface area contributed by atoms with Crippen LogP contribution in [0.2, 0.25) is 0 Å². The van der Waals surface area contributed by atoms with Crippen molar-refractivity contribution in [2.45, 2.75) is 191 Å². The number of aliphatic hydroxyl groups excluding tert-OH is 19. The van der Waals surface area contributed by atoms with Crippen molar-refractivity contribution in [3.63, 3.8) is 0 Å². The Morgan fingerprint density at radius 2 is 0.507 bits per heavy atom. The Bertz CT molecular complexity index is 1580. The van der Waals surface area contributed by atoms with Crippen molar-refractivity contribution in [2.75, 3.05) is 52.8 Å². The third-order valence-corrected chi connectivity index (χ3v) is 13.1. The molecule has 0 unspecified atom stereocenters. The zero-order chi connectivity index (χ0) is 52.2. The Kier molecular flexibility index (Phi) is 21.7. The highest BCUT2D eigenvalue weighted by atomic mass is 16.8. The third-order valence-electron chi connectivity index (χ3n) is 13.1. The van der Waals surface area contributed by atoms with Gasteiger partial charge in [0.25, 0.3) is 0 Å². The summed E-state index contributed by atoms with van der Waals surface area (Å²) in [6, 6.07) is 0. The molecule has 6 fully saturated rings. The highest BCUT2D eigenvalue weighted by Crippen LogP contribution is 2.38. The standard InChI is InChI=1S/C39H69NO31/c40-2-1-3-60-35-29(23(54)17(48)11(5-42)62-35)68-37-31(25(56)19(50)13(7-44)64-37)70-39-33(27(58)21(52)15(9-46)66-39)71-38-32(26(57)20(51)14(8-45)65-38)69-36-30(24(55)18(49)12(6-43)63-36)67-34-28(59)22(53)16(47)10(4-41)61-34/h10-39,41-59H,1-9,40H2/t10-,11-,12-,13-,14-,15-,16-,17-,18-,19-,20-,21-,22+,23+,24+,25+,26+,27+,28+,29+,30+,31+,32+,33+,34+,35+,36+,37-,38+,39+/m1/s1. The highest BCUT2D eigenvalue weighted by Gasteiger charge is 2.58. The first-order valence-corrected chi connectivity index (χ1v) is 22.8. The average molecular weight is 1050 g/mol. The van der Waals surface area contributed by atoms with E-state index in [2.05, 4.69) is 0 Å². The van der Waals surface area contributed by atoms with E-state index in [1.807, 2.05) is 0 Å². The summed E-state index contributed by atoms with van der Waals surface area (Å²) in [4.78, 5) is 0. The van der Waals surface area contributed by atoms with Crippen molar-refractivity contribution in [3.8, 4) is 0 Å². The van der Waals surface area contributed by atoms with Crippen LogP contribution in [0, 0.1) is 0 Å². The molecule has 0 aromatic carbocycles. The van der Waals surface area contributed by atoms with Crippen LogP contribution in [0.15, 0.2) is 0 Å². The SMILES string of the molecule is NCCCO[C@H]1O[C@H](CO)[C@@H](O)[C@H](O)[C@@H]1O[C@H]1O[C@H](CO)[C@@H](O)[C@H](O)[C@@H]1O[C@@H]1O[C@H](CO)[C@@H](O)[C@H](O)[C@@H]1O[C@@H]1O[C@H](CO)[C@@H](O)[C@H](O)[C@@H]1O[C@@H]1O[C@H](CO)[C@@H](O)[C@H](O)[C@@H]1O[C@@H]1O[C@H](CO)[C@@H](O)[C@H](O)[C@@H]1O. The van der Waals surface area contributed by atoms with Gasteiger partial charge in [-0.2, -0.15) is 0 Å². The zero-order valence-corrected chi connectivity index (χ0v) is 37.7. The molecule has 21 N–H and O–H groups in total. The lowest BCUT2D eigenvalue weighted by atomic mass is 9.95. The van der Waals surface area contributed by atoms with Gasteiger partial charge < -0.3 is 160 Å². The van der Waals surface area contributed by atoms with Crippen LogP contribution < -0.4 is 5.73 Å². The minimum absolute atomic E-state index is 0.105. The smallest absolute Gasteiger partial charge is 0.187 e. The predicted molar refractivity (Wildman–Crippen MR) is 217 cm³/mol. The second kappa shape index (κ2) is 26.2. The minimum Gasteiger partial charge on any atom is -0.394 e. The quantitative estimate of drug-likeness (QED) is 0.0504. The Morgan fingerprint density at radius 3 is 0.775 bits per heavy atom. The molecule has 71 heavy (non-hydrogen) atoms. The summed E-state index contributed by atoms with van der Waals surface area (Å²) in [5.74, 6) is 0. The maximum absolute atomic E-state index is 11.6. The molecule has 6 rings (SSSR count). The van der Waals surface area contributed by atoms with E-state index in [0.717, 1.165) is 0 Å². The van der Waals surface area contributed by atoms with Crippen LogP contribution in [0.5, 0.6) is 0 Å². The number of rotatable bonds is 20. The van der Waals surface area contributed by atoms with E-state index in [4.69, 9.17) is 62.6 Å².